The van der Waals surface area contributed by atoms with Gasteiger partial charge in [-0.2, -0.15) is 0 Å². The molecule has 0 radical (unpaired) electrons. The molecule has 2 N–H and O–H groups in total. The lowest BCUT2D eigenvalue weighted by atomic mass is 10.2. The van der Waals surface area contributed by atoms with Crippen molar-refractivity contribution in [3.63, 3.8) is 0 Å². The summed E-state index contributed by atoms with van der Waals surface area (Å²) in [4.78, 5) is 20.5. The molecule has 1 fully saturated rings. The molecule has 1 aromatic carbocycles. The Balaban J connectivity index is 1.29. The number of nitrogens with zero attached hydrogens (tertiary/aromatic N) is 2. The molecule has 0 bridgehead atoms. The average Bonchev–Trinajstić information content (AvgIpc) is 3.36. The zero-order valence-corrected chi connectivity index (χ0v) is 14.2. The molecule has 3 heterocycles. The third-order valence-corrected chi connectivity index (χ3v) is 4.31. The van der Waals surface area contributed by atoms with Gasteiger partial charge in [0.2, 0.25) is 6.79 Å². The van der Waals surface area contributed by atoms with Crippen LogP contribution in [0.1, 0.15) is 28.9 Å². The van der Waals surface area contributed by atoms with Gasteiger partial charge in [-0.05, 0) is 30.5 Å². The second kappa shape index (κ2) is 7.57. The zero-order chi connectivity index (χ0) is 17.8. The van der Waals surface area contributed by atoms with E-state index < -0.39 is 0 Å². The van der Waals surface area contributed by atoms with Crippen LogP contribution in [0.25, 0.3) is 0 Å². The minimum absolute atomic E-state index is 0.106. The molecule has 1 unspecified atom stereocenters. The normalized spacial score (nSPS) is 17.9. The van der Waals surface area contributed by atoms with Crippen molar-refractivity contribution in [3.05, 3.63) is 41.9 Å². The second-order valence-corrected chi connectivity index (χ2v) is 6.17. The molecule has 2 aliphatic heterocycles. The van der Waals surface area contributed by atoms with Crippen molar-refractivity contribution in [2.24, 2.45) is 0 Å². The van der Waals surface area contributed by atoms with Gasteiger partial charge >= 0.3 is 0 Å². The summed E-state index contributed by atoms with van der Waals surface area (Å²) in [5.41, 5.74) is 1.33. The first-order valence-electron chi connectivity index (χ1n) is 8.62. The van der Waals surface area contributed by atoms with E-state index in [2.05, 4.69) is 20.6 Å². The van der Waals surface area contributed by atoms with E-state index in [1.54, 1.807) is 6.20 Å². The summed E-state index contributed by atoms with van der Waals surface area (Å²) < 4.78 is 16.1. The maximum absolute atomic E-state index is 12.1. The standard InChI is InChI=1S/C18H20N4O4/c23-18(22-8-13-2-1-5-24-13)14-9-21-17(10-19-14)20-7-12-3-4-15-16(6-12)26-11-25-15/h3-4,6,9-10,13H,1-2,5,7-8,11H2,(H,20,21)(H,22,23). The summed E-state index contributed by atoms with van der Waals surface area (Å²) in [7, 11) is 0. The quantitative estimate of drug-likeness (QED) is 0.814. The maximum atomic E-state index is 12.1. The number of nitrogens with one attached hydrogen (secondary N) is 2. The molecule has 0 spiro atoms. The number of ether oxygens (including phenoxy) is 3. The number of hydrogen-bond acceptors (Lipinski definition) is 7. The summed E-state index contributed by atoms with van der Waals surface area (Å²) in [5, 5.41) is 6.00. The summed E-state index contributed by atoms with van der Waals surface area (Å²) in [6.07, 6.45) is 5.15. The van der Waals surface area contributed by atoms with Crippen molar-refractivity contribution in [3.8, 4) is 11.5 Å². The van der Waals surface area contributed by atoms with E-state index in [4.69, 9.17) is 14.2 Å². The fourth-order valence-corrected chi connectivity index (χ4v) is 2.88. The van der Waals surface area contributed by atoms with Gasteiger partial charge < -0.3 is 24.8 Å². The first-order valence-corrected chi connectivity index (χ1v) is 8.62. The van der Waals surface area contributed by atoms with Crippen LogP contribution in [0, 0.1) is 0 Å². The van der Waals surface area contributed by atoms with E-state index >= 15 is 0 Å². The van der Waals surface area contributed by atoms with Gasteiger partial charge in [0.15, 0.2) is 11.5 Å². The fraction of sp³-hybridized carbons (Fsp3) is 0.389. The van der Waals surface area contributed by atoms with Crippen LogP contribution in [0.2, 0.25) is 0 Å². The van der Waals surface area contributed by atoms with Crippen molar-refractivity contribution in [1.29, 1.82) is 0 Å². The molecule has 4 rings (SSSR count). The van der Waals surface area contributed by atoms with Crippen LogP contribution < -0.4 is 20.1 Å². The van der Waals surface area contributed by atoms with Crippen molar-refractivity contribution in [2.75, 3.05) is 25.3 Å². The zero-order valence-electron chi connectivity index (χ0n) is 14.2. The predicted molar refractivity (Wildman–Crippen MR) is 93.2 cm³/mol. The summed E-state index contributed by atoms with van der Waals surface area (Å²) in [5.74, 6) is 1.86. The number of carbonyl (C=O) groups is 1. The van der Waals surface area contributed by atoms with Crippen LogP contribution in [0.4, 0.5) is 5.82 Å². The molecule has 0 aliphatic carbocycles. The molecule has 1 saturated heterocycles. The maximum Gasteiger partial charge on any atom is 0.271 e. The molecule has 1 aromatic heterocycles. The summed E-state index contributed by atoms with van der Waals surface area (Å²) in [6.45, 7) is 2.10. The largest absolute Gasteiger partial charge is 0.454 e. The number of amides is 1. The first kappa shape index (κ1) is 16.6. The number of anilines is 1. The highest BCUT2D eigenvalue weighted by atomic mass is 16.7. The van der Waals surface area contributed by atoms with Crippen molar-refractivity contribution in [1.82, 2.24) is 15.3 Å². The fourth-order valence-electron chi connectivity index (χ4n) is 2.88. The van der Waals surface area contributed by atoms with E-state index in [-0.39, 0.29) is 24.5 Å². The number of fused-ring (bicyclic) bond motifs is 1. The van der Waals surface area contributed by atoms with E-state index in [0.717, 1.165) is 36.5 Å². The van der Waals surface area contributed by atoms with E-state index in [1.165, 1.54) is 6.20 Å². The van der Waals surface area contributed by atoms with Gasteiger partial charge in [-0.3, -0.25) is 4.79 Å². The minimum Gasteiger partial charge on any atom is -0.454 e. The van der Waals surface area contributed by atoms with Gasteiger partial charge in [-0.15, -0.1) is 0 Å². The van der Waals surface area contributed by atoms with Crippen molar-refractivity contribution in [2.45, 2.75) is 25.5 Å². The molecule has 1 atom stereocenters. The van der Waals surface area contributed by atoms with Gasteiger partial charge in [0, 0.05) is 19.7 Å². The number of aromatic nitrogens is 2. The highest BCUT2D eigenvalue weighted by Gasteiger charge is 2.17. The SMILES string of the molecule is O=C(NCC1CCCO1)c1cnc(NCc2ccc3c(c2)OCO3)cn1. The van der Waals surface area contributed by atoms with Gasteiger partial charge in [-0.1, -0.05) is 6.07 Å². The molecule has 2 aliphatic rings. The molecule has 2 aromatic rings. The van der Waals surface area contributed by atoms with E-state index in [0.29, 0.717) is 18.9 Å². The Labute approximate surface area is 150 Å². The van der Waals surface area contributed by atoms with Crippen molar-refractivity contribution >= 4 is 11.7 Å². The number of benzene rings is 1. The van der Waals surface area contributed by atoms with Gasteiger partial charge in [0.1, 0.15) is 11.5 Å². The molecule has 8 nitrogen and oxygen atoms in total. The second-order valence-electron chi connectivity index (χ2n) is 6.17. The molecular formula is C18H20N4O4. The van der Waals surface area contributed by atoms with Crippen LogP contribution >= 0.6 is 0 Å². The lowest BCUT2D eigenvalue weighted by Crippen LogP contribution is -2.32. The minimum atomic E-state index is -0.240. The van der Waals surface area contributed by atoms with Crippen LogP contribution in [0.15, 0.2) is 30.6 Å². The molecule has 0 saturated carbocycles. The lowest BCUT2D eigenvalue weighted by Gasteiger charge is -2.10. The Hall–Kier alpha value is -2.87. The lowest BCUT2D eigenvalue weighted by molar-refractivity contribution is 0.0853. The van der Waals surface area contributed by atoms with E-state index in [1.807, 2.05) is 18.2 Å². The number of hydrogen-bond donors (Lipinski definition) is 2. The smallest absolute Gasteiger partial charge is 0.271 e. The number of rotatable bonds is 6. The van der Waals surface area contributed by atoms with Gasteiger partial charge in [0.25, 0.3) is 5.91 Å². The summed E-state index contributed by atoms with van der Waals surface area (Å²) >= 11 is 0. The molecule has 8 heteroatoms. The Bertz CT molecular complexity index is 775. The predicted octanol–water partition coefficient (Wildman–Crippen LogP) is 1.73. The first-order chi connectivity index (χ1) is 12.8. The molecule has 1 amide bonds. The average molecular weight is 356 g/mol. The summed E-state index contributed by atoms with van der Waals surface area (Å²) in [6, 6.07) is 5.77. The van der Waals surface area contributed by atoms with Gasteiger partial charge in [-0.25, -0.2) is 9.97 Å². The topological polar surface area (TPSA) is 94.6 Å². The Morgan fingerprint density at radius 2 is 2.12 bits per heavy atom. The van der Waals surface area contributed by atoms with Crippen LogP contribution in [0.3, 0.4) is 0 Å². The Morgan fingerprint density at radius 3 is 2.92 bits per heavy atom. The number of carbonyl (C=O) groups excluding carboxylic acids is 1. The highest BCUT2D eigenvalue weighted by Crippen LogP contribution is 2.32. The van der Waals surface area contributed by atoms with Crippen LogP contribution in [-0.2, 0) is 11.3 Å². The highest BCUT2D eigenvalue weighted by molar-refractivity contribution is 5.92. The monoisotopic (exact) mass is 356 g/mol. The molecule has 26 heavy (non-hydrogen) atoms. The molecular weight excluding hydrogens is 336 g/mol. The van der Waals surface area contributed by atoms with E-state index in [9.17, 15) is 4.79 Å². The van der Waals surface area contributed by atoms with Crippen LogP contribution in [0.5, 0.6) is 11.5 Å². The molecule has 136 valence electrons. The van der Waals surface area contributed by atoms with Crippen molar-refractivity contribution < 1.29 is 19.0 Å². The third-order valence-electron chi connectivity index (χ3n) is 4.31. The Morgan fingerprint density at radius 1 is 1.19 bits per heavy atom. The Kier molecular flexibility index (Phi) is 4.83. The van der Waals surface area contributed by atoms with Gasteiger partial charge in [0.05, 0.1) is 18.5 Å². The van der Waals surface area contributed by atoms with Crippen LogP contribution in [-0.4, -0.2) is 41.9 Å². The third kappa shape index (κ3) is 3.85.